The molecule has 53 heavy (non-hydrogen) atoms. The second-order valence-electron chi connectivity index (χ2n) is 11.8. The van der Waals surface area contributed by atoms with E-state index in [1.54, 1.807) is 93.6 Å². The lowest BCUT2D eigenvalue weighted by Gasteiger charge is -2.29. The standard InChI is InChI=1S/C39H35F3N4O7/c1-4-51-36(49)38(37(50)52-5-2,28-11-7-6-8-12-28)24-53-34(47)22-26-15-20-32(33(21-26)46-43-23-25(3)45-46)44-35(48)31-14-10-9-13-30(31)27-16-18-29(19-17-27)39(40,41)42/h6-21,23H,4-5,22,24H2,1-3H3,(H,44,48). The van der Waals surface area contributed by atoms with Crippen LogP contribution in [0.3, 0.4) is 0 Å². The maximum Gasteiger partial charge on any atom is 0.416 e. The molecule has 1 amide bonds. The normalized spacial score (nSPS) is 11.4. The number of aryl methyl sites for hydroxylation is 1. The zero-order valence-corrected chi connectivity index (χ0v) is 29.0. The minimum atomic E-state index is -4.51. The number of rotatable bonds is 13. The number of amides is 1. The van der Waals surface area contributed by atoms with Crippen LogP contribution in [0, 0.1) is 6.92 Å². The molecule has 0 radical (unpaired) electrons. The summed E-state index contributed by atoms with van der Waals surface area (Å²) >= 11 is 0. The third-order valence-electron chi connectivity index (χ3n) is 8.14. The fourth-order valence-electron chi connectivity index (χ4n) is 5.53. The van der Waals surface area contributed by atoms with Crippen molar-refractivity contribution >= 4 is 29.5 Å². The van der Waals surface area contributed by atoms with Crippen molar-refractivity contribution in [3.05, 3.63) is 131 Å². The molecule has 1 aromatic heterocycles. The van der Waals surface area contributed by atoms with E-state index >= 15 is 0 Å². The highest BCUT2D eigenvalue weighted by molar-refractivity contribution is 6.09. The molecule has 0 unspecified atom stereocenters. The first-order valence-electron chi connectivity index (χ1n) is 16.5. The van der Waals surface area contributed by atoms with Crippen molar-refractivity contribution < 1.29 is 46.6 Å². The van der Waals surface area contributed by atoms with Gasteiger partial charge in [-0.25, -0.2) is 0 Å². The van der Waals surface area contributed by atoms with Crippen LogP contribution in [0.2, 0.25) is 0 Å². The van der Waals surface area contributed by atoms with Gasteiger partial charge in [-0.3, -0.25) is 19.2 Å². The van der Waals surface area contributed by atoms with E-state index in [-0.39, 0.29) is 36.4 Å². The monoisotopic (exact) mass is 728 g/mol. The van der Waals surface area contributed by atoms with Crippen LogP contribution in [0.5, 0.6) is 0 Å². The molecule has 0 aliphatic heterocycles. The summed E-state index contributed by atoms with van der Waals surface area (Å²) < 4.78 is 55.6. The summed E-state index contributed by atoms with van der Waals surface area (Å²) in [6.45, 7) is 4.13. The van der Waals surface area contributed by atoms with E-state index in [2.05, 4.69) is 15.5 Å². The second kappa shape index (κ2) is 16.4. The van der Waals surface area contributed by atoms with Gasteiger partial charge in [0, 0.05) is 5.56 Å². The van der Waals surface area contributed by atoms with Gasteiger partial charge in [0.05, 0.1) is 42.8 Å². The number of aromatic nitrogens is 3. The minimum absolute atomic E-state index is 0.0337. The zero-order valence-electron chi connectivity index (χ0n) is 29.0. The van der Waals surface area contributed by atoms with Gasteiger partial charge in [-0.1, -0.05) is 66.7 Å². The highest BCUT2D eigenvalue weighted by Crippen LogP contribution is 2.33. The van der Waals surface area contributed by atoms with Crippen LogP contribution in [0.4, 0.5) is 18.9 Å². The van der Waals surface area contributed by atoms with Crippen molar-refractivity contribution in [2.24, 2.45) is 0 Å². The fraction of sp³-hybridized carbons (Fsp3) is 0.231. The summed E-state index contributed by atoms with van der Waals surface area (Å²) in [7, 11) is 0. The average molecular weight is 729 g/mol. The Morgan fingerprint density at radius 3 is 2.02 bits per heavy atom. The van der Waals surface area contributed by atoms with Crippen molar-refractivity contribution in [2.45, 2.75) is 38.8 Å². The number of alkyl halides is 3. The summed E-state index contributed by atoms with van der Waals surface area (Å²) in [6.07, 6.45) is -3.32. The van der Waals surface area contributed by atoms with Gasteiger partial charge in [0.2, 0.25) is 5.41 Å². The van der Waals surface area contributed by atoms with E-state index in [1.165, 1.54) is 23.1 Å². The maximum atomic E-state index is 13.7. The van der Waals surface area contributed by atoms with Gasteiger partial charge in [-0.05, 0) is 73.4 Å². The summed E-state index contributed by atoms with van der Waals surface area (Å²) in [4.78, 5) is 54.9. The third-order valence-corrected chi connectivity index (χ3v) is 8.14. The molecule has 0 fully saturated rings. The van der Waals surface area contributed by atoms with Crippen LogP contribution in [-0.2, 0) is 46.6 Å². The zero-order chi connectivity index (χ0) is 38.2. The molecular weight excluding hydrogens is 693 g/mol. The number of anilines is 1. The second-order valence-corrected chi connectivity index (χ2v) is 11.8. The smallest absolute Gasteiger partial charge is 0.416 e. The molecule has 0 spiro atoms. The predicted octanol–water partition coefficient (Wildman–Crippen LogP) is 6.66. The Labute approximate surface area is 302 Å². The topological polar surface area (TPSA) is 139 Å². The summed E-state index contributed by atoms with van der Waals surface area (Å²) in [5.74, 6) is -3.20. The molecule has 0 atom stereocenters. The molecule has 5 aromatic rings. The molecule has 14 heteroatoms. The van der Waals surface area contributed by atoms with E-state index < -0.39 is 47.6 Å². The Morgan fingerprint density at radius 1 is 0.774 bits per heavy atom. The van der Waals surface area contributed by atoms with Crippen LogP contribution in [-0.4, -0.2) is 58.6 Å². The molecule has 0 saturated carbocycles. The van der Waals surface area contributed by atoms with Gasteiger partial charge in [0.1, 0.15) is 12.3 Å². The SMILES string of the molecule is CCOC(=O)C(COC(=O)Cc1ccc(NC(=O)c2ccccc2-c2ccc(C(F)(F)F)cc2)c(-n2ncc(C)n2)c1)(C(=O)OCC)c1ccccc1. The minimum Gasteiger partial charge on any atom is -0.465 e. The molecule has 0 bridgehead atoms. The molecule has 0 aliphatic carbocycles. The number of hydrogen-bond donors (Lipinski definition) is 1. The highest BCUT2D eigenvalue weighted by atomic mass is 19.4. The quantitative estimate of drug-likeness (QED) is 0.0801. The number of carbonyl (C=O) groups is 4. The molecule has 11 nitrogen and oxygen atoms in total. The number of halogens is 3. The largest absolute Gasteiger partial charge is 0.465 e. The first-order valence-corrected chi connectivity index (χ1v) is 16.5. The van der Waals surface area contributed by atoms with Crippen LogP contribution in [0.15, 0.2) is 103 Å². The molecule has 5 rings (SSSR count). The Bertz CT molecular complexity index is 2080. The first-order chi connectivity index (χ1) is 25.4. The summed E-state index contributed by atoms with van der Waals surface area (Å²) in [5.41, 5.74) is -0.113. The van der Waals surface area contributed by atoms with Crippen LogP contribution in [0.25, 0.3) is 16.8 Å². The van der Waals surface area contributed by atoms with Gasteiger partial charge in [0.15, 0.2) is 0 Å². The number of nitrogens with zero attached hydrogens (tertiary/aromatic N) is 3. The summed E-state index contributed by atoms with van der Waals surface area (Å²) in [6, 6.07) is 23.7. The lowest BCUT2D eigenvalue weighted by atomic mass is 9.81. The Hall–Kier alpha value is -6.31. The lowest BCUT2D eigenvalue weighted by molar-refractivity contribution is -0.170. The van der Waals surface area contributed by atoms with E-state index in [0.29, 0.717) is 28.1 Å². The number of nitrogens with one attached hydrogen (secondary N) is 1. The molecule has 4 aromatic carbocycles. The van der Waals surface area contributed by atoms with E-state index in [9.17, 15) is 32.3 Å². The number of benzene rings is 4. The molecule has 1 heterocycles. The third kappa shape index (κ3) is 8.60. The van der Waals surface area contributed by atoms with E-state index in [1.807, 2.05) is 0 Å². The number of carbonyl (C=O) groups excluding carboxylic acids is 4. The van der Waals surface area contributed by atoms with Crippen molar-refractivity contribution in [2.75, 3.05) is 25.1 Å². The molecule has 0 aliphatic rings. The van der Waals surface area contributed by atoms with Gasteiger partial charge < -0.3 is 19.5 Å². The number of hydrogen-bond acceptors (Lipinski definition) is 9. The Balaban J connectivity index is 1.41. The van der Waals surface area contributed by atoms with Crippen LogP contribution >= 0.6 is 0 Å². The Morgan fingerprint density at radius 2 is 1.42 bits per heavy atom. The van der Waals surface area contributed by atoms with Crippen LogP contribution < -0.4 is 5.32 Å². The molecule has 1 N–H and O–H groups in total. The average Bonchev–Trinajstić information content (AvgIpc) is 3.58. The Kier molecular flexibility index (Phi) is 11.7. The van der Waals surface area contributed by atoms with Crippen molar-refractivity contribution in [1.29, 1.82) is 0 Å². The van der Waals surface area contributed by atoms with E-state index in [0.717, 1.165) is 12.1 Å². The van der Waals surface area contributed by atoms with Gasteiger partial charge in [-0.15, -0.1) is 4.80 Å². The highest BCUT2D eigenvalue weighted by Gasteiger charge is 2.52. The van der Waals surface area contributed by atoms with Crippen molar-refractivity contribution in [3.63, 3.8) is 0 Å². The lowest BCUT2D eigenvalue weighted by Crippen LogP contribution is -2.50. The van der Waals surface area contributed by atoms with Gasteiger partial charge >= 0.3 is 24.1 Å². The summed E-state index contributed by atoms with van der Waals surface area (Å²) in [5, 5.41) is 11.4. The molecular formula is C39H35F3N4O7. The molecule has 0 saturated heterocycles. The molecule has 274 valence electrons. The first kappa shape index (κ1) is 37.9. The van der Waals surface area contributed by atoms with Gasteiger partial charge in [-0.2, -0.15) is 23.4 Å². The van der Waals surface area contributed by atoms with Gasteiger partial charge in [0.25, 0.3) is 5.91 Å². The fourth-order valence-corrected chi connectivity index (χ4v) is 5.53. The van der Waals surface area contributed by atoms with Crippen molar-refractivity contribution in [1.82, 2.24) is 15.0 Å². The maximum absolute atomic E-state index is 13.7. The van der Waals surface area contributed by atoms with Crippen LogP contribution in [0.1, 0.15) is 46.6 Å². The number of esters is 3. The van der Waals surface area contributed by atoms with E-state index in [4.69, 9.17) is 14.2 Å². The number of ether oxygens (including phenoxy) is 3. The van der Waals surface area contributed by atoms with Crippen molar-refractivity contribution in [3.8, 4) is 16.8 Å². The predicted molar refractivity (Wildman–Crippen MR) is 187 cm³/mol.